The lowest BCUT2D eigenvalue weighted by Gasteiger charge is -2.13. The smallest absolute Gasteiger partial charge is 0.0106 e. The van der Waals surface area contributed by atoms with Gasteiger partial charge < -0.3 is 0 Å². The van der Waals surface area contributed by atoms with Crippen molar-refractivity contribution in [3.8, 4) is 11.1 Å². The topological polar surface area (TPSA) is 0 Å². The van der Waals surface area contributed by atoms with Crippen LogP contribution in [0.5, 0.6) is 0 Å². The van der Waals surface area contributed by atoms with E-state index in [-0.39, 0.29) is 0 Å². The highest BCUT2D eigenvalue weighted by Crippen LogP contribution is 2.31. The highest BCUT2D eigenvalue weighted by atomic mass is 14.1. The molecule has 0 bridgehead atoms. The van der Waals surface area contributed by atoms with E-state index >= 15 is 0 Å². The molecule has 0 aliphatic carbocycles. The Kier molecular flexibility index (Phi) is 3.90. The van der Waals surface area contributed by atoms with Crippen molar-refractivity contribution in [2.45, 2.75) is 33.6 Å². The fourth-order valence-corrected chi connectivity index (χ4v) is 2.33. The van der Waals surface area contributed by atoms with Gasteiger partial charge in [0.15, 0.2) is 0 Å². The third-order valence-corrected chi connectivity index (χ3v) is 3.50. The molecule has 0 spiro atoms. The molecule has 0 aliphatic rings. The maximum atomic E-state index is 4.10. The number of aryl methyl sites for hydroxylation is 1. The first-order valence-corrected chi connectivity index (χ1v) is 6.86. The first-order chi connectivity index (χ1) is 8.99. The number of hydrogen-bond donors (Lipinski definition) is 0. The van der Waals surface area contributed by atoms with Crippen LogP contribution in [0.2, 0.25) is 0 Å². The van der Waals surface area contributed by atoms with Crippen LogP contribution >= 0.6 is 0 Å². The predicted octanol–water partition coefficient (Wildman–Crippen LogP) is 5.82. The second kappa shape index (κ2) is 5.44. The highest BCUT2D eigenvalue weighted by molar-refractivity contribution is 5.80. The van der Waals surface area contributed by atoms with E-state index in [1.807, 2.05) is 0 Å². The summed E-state index contributed by atoms with van der Waals surface area (Å²) in [4.78, 5) is 0. The van der Waals surface area contributed by atoms with Crippen molar-refractivity contribution < 1.29 is 0 Å². The van der Waals surface area contributed by atoms with Crippen molar-refractivity contribution in [1.82, 2.24) is 0 Å². The Morgan fingerprint density at radius 1 is 1.05 bits per heavy atom. The van der Waals surface area contributed by atoms with Gasteiger partial charge in [0.25, 0.3) is 0 Å². The second-order valence-corrected chi connectivity index (χ2v) is 5.61. The Balaban J connectivity index is 2.60. The molecule has 0 heteroatoms. The molecule has 0 atom stereocenters. The molecule has 0 nitrogen and oxygen atoms in total. The van der Waals surface area contributed by atoms with Crippen LogP contribution in [-0.2, 0) is 0 Å². The zero-order chi connectivity index (χ0) is 14.0. The van der Waals surface area contributed by atoms with E-state index in [1.165, 1.54) is 27.8 Å². The summed E-state index contributed by atoms with van der Waals surface area (Å²) in [7, 11) is 0. The average molecular weight is 250 g/mol. The lowest BCUT2D eigenvalue weighted by Crippen LogP contribution is -1.91. The molecule has 2 aromatic rings. The molecular formula is C19H22. The number of allylic oxidation sites excluding steroid dienone is 1. The van der Waals surface area contributed by atoms with E-state index in [0.717, 1.165) is 5.57 Å². The summed E-state index contributed by atoms with van der Waals surface area (Å²) in [6, 6.07) is 15.4. The van der Waals surface area contributed by atoms with Crippen LogP contribution in [0.15, 0.2) is 49.0 Å². The lowest BCUT2D eigenvalue weighted by molar-refractivity contribution is 0.867. The standard InChI is InChI=1S/C19H22/c1-13(2)16-7-6-8-17(12-16)19-11-15(5)9-10-18(19)14(3)4/h6-13H,3H2,1-2,4-5H3. The number of benzene rings is 2. The SMILES string of the molecule is C=C(C)c1ccc(C)cc1-c1cccc(C(C)C)c1. The average Bonchev–Trinajstić information content (AvgIpc) is 2.38. The van der Waals surface area contributed by atoms with Crippen molar-refractivity contribution in [1.29, 1.82) is 0 Å². The minimum absolute atomic E-state index is 0.554. The van der Waals surface area contributed by atoms with Crippen LogP contribution in [0, 0.1) is 6.92 Å². The van der Waals surface area contributed by atoms with Crippen LogP contribution < -0.4 is 0 Å². The van der Waals surface area contributed by atoms with Gasteiger partial charge in [0.1, 0.15) is 0 Å². The summed E-state index contributed by atoms with van der Waals surface area (Å²) in [6.07, 6.45) is 0. The van der Waals surface area contributed by atoms with Gasteiger partial charge in [-0.3, -0.25) is 0 Å². The summed E-state index contributed by atoms with van der Waals surface area (Å²) >= 11 is 0. The van der Waals surface area contributed by atoms with Gasteiger partial charge in [0.05, 0.1) is 0 Å². The van der Waals surface area contributed by atoms with E-state index in [0.29, 0.717) is 5.92 Å². The van der Waals surface area contributed by atoms with Crippen molar-refractivity contribution >= 4 is 5.57 Å². The van der Waals surface area contributed by atoms with Crippen LogP contribution in [0.1, 0.15) is 43.4 Å². The first kappa shape index (κ1) is 13.6. The fourth-order valence-electron chi connectivity index (χ4n) is 2.33. The molecule has 0 aromatic heterocycles. The van der Waals surface area contributed by atoms with Crippen LogP contribution in [0.4, 0.5) is 0 Å². The maximum absolute atomic E-state index is 4.10. The van der Waals surface area contributed by atoms with E-state index < -0.39 is 0 Å². The molecule has 19 heavy (non-hydrogen) atoms. The minimum atomic E-state index is 0.554. The van der Waals surface area contributed by atoms with Crippen LogP contribution in [0.3, 0.4) is 0 Å². The molecule has 0 aliphatic heterocycles. The molecule has 98 valence electrons. The Morgan fingerprint density at radius 2 is 1.79 bits per heavy atom. The monoisotopic (exact) mass is 250 g/mol. The highest BCUT2D eigenvalue weighted by Gasteiger charge is 2.08. The molecule has 0 amide bonds. The lowest BCUT2D eigenvalue weighted by atomic mass is 9.91. The molecule has 2 rings (SSSR count). The molecule has 2 aromatic carbocycles. The molecule has 0 N–H and O–H groups in total. The molecule has 0 fully saturated rings. The summed E-state index contributed by atoms with van der Waals surface area (Å²) < 4.78 is 0. The van der Waals surface area contributed by atoms with Gasteiger partial charge in [-0.15, -0.1) is 0 Å². The van der Waals surface area contributed by atoms with Crippen molar-refractivity contribution in [2.75, 3.05) is 0 Å². The number of rotatable bonds is 3. The third-order valence-electron chi connectivity index (χ3n) is 3.50. The summed E-state index contributed by atoms with van der Waals surface area (Å²) in [5.74, 6) is 0.554. The van der Waals surface area contributed by atoms with Gasteiger partial charge in [-0.25, -0.2) is 0 Å². The van der Waals surface area contributed by atoms with Gasteiger partial charge in [0, 0.05) is 0 Å². The molecule has 0 saturated carbocycles. The summed E-state index contributed by atoms with van der Waals surface area (Å²) in [5, 5.41) is 0. The van der Waals surface area contributed by atoms with Crippen molar-refractivity contribution in [3.63, 3.8) is 0 Å². The van der Waals surface area contributed by atoms with Crippen LogP contribution in [-0.4, -0.2) is 0 Å². The van der Waals surface area contributed by atoms with Crippen molar-refractivity contribution in [3.05, 3.63) is 65.7 Å². The zero-order valence-corrected chi connectivity index (χ0v) is 12.3. The molecule has 0 radical (unpaired) electrons. The van der Waals surface area contributed by atoms with E-state index in [1.54, 1.807) is 0 Å². The molecular weight excluding hydrogens is 228 g/mol. The van der Waals surface area contributed by atoms with Gasteiger partial charge in [0.2, 0.25) is 0 Å². The first-order valence-electron chi connectivity index (χ1n) is 6.86. The largest absolute Gasteiger partial charge is 0.0955 e. The summed E-state index contributed by atoms with van der Waals surface area (Å²) in [5.41, 5.74) is 7.60. The summed E-state index contributed by atoms with van der Waals surface area (Å²) in [6.45, 7) is 12.8. The van der Waals surface area contributed by atoms with Gasteiger partial charge >= 0.3 is 0 Å². The normalized spacial score (nSPS) is 10.8. The Labute approximate surface area is 116 Å². The predicted molar refractivity (Wildman–Crippen MR) is 85.4 cm³/mol. The van der Waals surface area contributed by atoms with E-state index in [2.05, 4.69) is 76.7 Å². The fraction of sp³-hybridized carbons (Fsp3) is 0.263. The number of hydrogen-bond acceptors (Lipinski definition) is 0. The molecule has 0 heterocycles. The zero-order valence-electron chi connectivity index (χ0n) is 12.3. The Hall–Kier alpha value is -1.82. The molecule has 0 unspecified atom stereocenters. The quantitative estimate of drug-likeness (QED) is 0.644. The third kappa shape index (κ3) is 2.96. The van der Waals surface area contributed by atoms with Gasteiger partial charge in [-0.1, -0.05) is 74.0 Å². The van der Waals surface area contributed by atoms with E-state index in [9.17, 15) is 0 Å². The van der Waals surface area contributed by atoms with Gasteiger partial charge in [-0.2, -0.15) is 0 Å². The van der Waals surface area contributed by atoms with Crippen LogP contribution in [0.25, 0.3) is 16.7 Å². The Bertz CT molecular complexity index is 603. The maximum Gasteiger partial charge on any atom is -0.0106 e. The minimum Gasteiger partial charge on any atom is -0.0955 e. The second-order valence-electron chi connectivity index (χ2n) is 5.61. The van der Waals surface area contributed by atoms with E-state index in [4.69, 9.17) is 0 Å². The molecule has 0 saturated heterocycles. The Morgan fingerprint density at radius 3 is 2.42 bits per heavy atom. The van der Waals surface area contributed by atoms with Gasteiger partial charge in [-0.05, 0) is 42.0 Å². The van der Waals surface area contributed by atoms with Crippen molar-refractivity contribution in [2.24, 2.45) is 0 Å².